The van der Waals surface area contributed by atoms with Crippen molar-refractivity contribution in [2.45, 2.75) is 64.0 Å². The summed E-state index contributed by atoms with van der Waals surface area (Å²) in [6.45, 7) is 2.76. The summed E-state index contributed by atoms with van der Waals surface area (Å²) < 4.78 is 0. The summed E-state index contributed by atoms with van der Waals surface area (Å²) in [5.74, 6) is 0.574. The molecule has 1 heterocycles. The third kappa shape index (κ3) is 2.64. The van der Waals surface area contributed by atoms with Crippen LogP contribution in [0.25, 0.3) is 0 Å². The summed E-state index contributed by atoms with van der Waals surface area (Å²) in [6, 6.07) is 2.50. The van der Waals surface area contributed by atoms with Crippen LogP contribution in [0.15, 0.2) is 0 Å². The van der Waals surface area contributed by atoms with Crippen molar-refractivity contribution in [3.63, 3.8) is 0 Å². The van der Waals surface area contributed by atoms with Gasteiger partial charge in [0, 0.05) is 19.0 Å². The average molecular weight is 289 g/mol. The molecule has 2 saturated carbocycles. The minimum absolute atomic E-state index is 0.120. The Labute approximate surface area is 125 Å². The fraction of sp³-hybridized carbons (Fsp3) is 0.812. The molecular weight excluding hydrogens is 266 g/mol. The lowest BCUT2D eigenvalue weighted by atomic mass is 9.74. The molecule has 5 nitrogen and oxygen atoms in total. The minimum atomic E-state index is -0.860. The SMILES string of the molecule is C[C@@H]1C[C@@H]1N1C[C@H](NC(=O)C2(C#N)CCCCC2)CC1=O. The Hall–Kier alpha value is -1.57. The topological polar surface area (TPSA) is 73.2 Å². The summed E-state index contributed by atoms with van der Waals surface area (Å²) in [5, 5.41) is 12.4. The molecule has 21 heavy (non-hydrogen) atoms. The van der Waals surface area contributed by atoms with Crippen molar-refractivity contribution in [2.75, 3.05) is 6.54 Å². The third-order valence-corrected chi connectivity index (χ3v) is 5.32. The Balaban J connectivity index is 1.60. The molecule has 2 amide bonds. The van der Waals surface area contributed by atoms with Crippen LogP contribution in [0.3, 0.4) is 0 Å². The second-order valence-electron chi connectivity index (χ2n) is 6.96. The van der Waals surface area contributed by atoms with Crippen LogP contribution in [-0.4, -0.2) is 35.3 Å². The molecule has 0 aromatic carbocycles. The molecular formula is C16H23N3O2. The Kier molecular flexibility index (Phi) is 3.64. The highest BCUT2D eigenvalue weighted by Gasteiger charge is 2.46. The van der Waals surface area contributed by atoms with Crippen LogP contribution in [-0.2, 0) is 9.59 Å². The zero-order valence-electron chi connectivity index (χ0n) is 12.6. The predicted octanol–water partition coefficient (Wildman–Crippen LogP) is 1.59. The maximum absolute atomic E-state index is 12.5. The molecule has 1 aliphatic heterocycles. The van der Waals surface area contributed by atoms with E-state index >= 15 is 0 Å². The number of likely N-dealkylation sites (tertiary alicyclic amines) is 1. The number of carbonyl (C=O) groups is 2. The molecule has 0 aromatic rings. The third-order valence-electron chi connectivity index (χ3n) is 5.32. The van der Waals surface area contributed by atoms with Crippen molar-refractivity contribution in [3.05, 3.63) is 0 Å². The number of rotatable bonds is 3. The first-order valence-corrected chi connectivity index (χ1v) is 8.07. The van der Waals surface area contributed by atoms with Crippen LogP contribution in [0.4, 0.5) is 0 Å². The first kappa shape index (κ1) is 14.4. The van der Waals surface area contributed by atoms with Gasteiger partial charge in [0.2, 0.25) is 11.8 Å². The summed E-state index contributed by atoms with van der Waals surface area (Å²) in [5.41, 5.74) is -0.860. The fourth-order valence-electron chi connectivity index (χ4n) is 3.75. The summed E-state index contributed by atoms with van der Waals surface area (Å²) >= 11 is 0. The Bertz CT molecular complexity index is 490. The maximum atomic E-state index is 12.5. The molecule has 2 aliphatic carbocycles. The van der Waals surface area contributed by atoms with Crippen LogP contribution in [0, 0.1) is 22.7 Å². The van der Waals surface area contributed by atoms with E-state index in [4.69, 9.17) is 0 Å². The first-order valence-electron chi connectivity index (χ1n) is 8.07. The quantitative estimate of drug-likeness (QED) is 0.857. The highest BCUT2D eigenvalue weighted by atomic mass is 16.2. The first-order chi connectivity index (χ1) is 10.1. The number of nitrogens with one attached hydrogen (secondary N) is 1. The van der Waals surface area contributed by atoms with E-state index in [0.717, 1.165) is 25.7 Å². The number of nitrogens with zero attached hydrogens (tertiary/aromatic N) is 2. The van der Waals surface area contributed by atoms with Gasteiger partial charge >= 0.3 is 0 Å². The van der Waals surface area contributed by atoms with E-state index in [0.29, 0.717) is 37.8 Å². The number of carbonyl (C=O) groups excluding carboxylic acids is 2. The number of hydrogen-bond acceptors (Lipinski definition) is 3. The van der Waals surface area contributed by atoms with Crippen molar-refractivity contribution >= 4 is 11.8 Å². The molecule has 0 radical (unpaired) electrons. The van der Waals surface area contributed by atoms with Gasteiger partial charge in [0.1, 0.15) is 5.41 Å². The van der Waals surface area contributed by atoms with E-state index in [1.54, 1.807) is 0 Å². The molecule has 1 saturated heterocycles. The predicted molar refractivity (Wildman–Crippen MR) is 77.0 cm³/mol. The van der Waals surface area contributed by atoms with Gasteiger partial charge in [-0.05, 0) is 25.2 Å². The fourth-order valence-corrected chi connectivity index (χ4v) is 3.75. The minimum Gasteiger partial charge on any atom is -0.350 e. The van der Waals surface area contributed by atoms with E-state index in [9.17, 15) is 14.9 Å². The second-order valence-corrected chi connectivity index (χ2v) is 6.96. The van der Waals surface area contributed by atoms with E-state index < -0.39 is 5.41 Å². The molecule has 3 aliphatic rings. The molecule has 3 rings (SSSR count). The molecule has 3 atom stereocenters. The van der Waals surface area contributed by atoms with E-state index in [-0.39, 0.29) is 17.9 Å². The van der Waals surface area contributed by atoms with E-state index in [2.05, 4.69) is 18.3 Å². The average Bonchev–Trinajstić information content (AvgIpc) is 3.10. The van der Waals surface area contributed by atoms with Crippen molar-refractivity contribution in [1.29, 1.82) is 5.26 Å². The number of amides is 2. The zero-order valence-corrected chi connectivity index (χ0v) is 12.6. The summed E-state index contributed by atoms with van der Waals surface area (Å²) in [7, 11) is 0. The largest absolute Gasteiger partial charge is 0.350 e. The van der Waals surface area contributed by atoms with Gasteiger partial charge in [-0.15, -0.1) is 0 Å². The van der Waals surface area contributed by atoms with Gasteiger partial charge < -0.3 is 10.2 Å². The van der Waals surface area contributed by atoms with E-state index in [1.165, 1.54) is 0 Å². The molecule has 1 N–H and O–H groups in total. The normalized spacial score (nSPS) is 34.4. The zero-order chi connectivity index (χ0) is 15.0. The second kappa shape index (κ2) is 5.32. The highest BCUT2D eigenvalue weighted by molar-refractivity contribution is 5.87. The van der Waals surface area contributed by atoms with E-state index in [1.807, 2.05) is 4.90 Å². The Morgan fingerprint density at radius 3 is 2.62 bits per heavy atom. The van der Waals surface area contributed by atoms with Gasteiger partial charge in [0.25, 0.3) is 0 Å². The van der Waals surface area contributed by atoms with Gasteiger partial charge in [0.05, 0.1) is 12.1 Å². The van der Waals surface area contributed by atoms with Gasteiger partial charge in [0.15, 0.2) is 0 Å². The lowest BCUT2D eigenvalue weighted by Crippen LogP contribution is -2.47. The lowest BCUT2D eigenvalue weighted by Gasteiger charge is -2.30. The van der Waals surface area contributed by atoms with Crippen LogP contribution in [0.5, 0.6) is 0 Å². The van der Waals surface area contributed by atoms with Gasteiger partial charge in [-0.1, -0.05) is 26.2 Å². The molecule has 0 bridgehead atoms. The van der Waals surface area contributed by atoms with Crippen LogP contribution >= 0.6 is 0 Å². The smallest absolute Gasteiger partial charge is 0.240 e. The Morgan fingerprint density at radius 2 is 2.05 bits per heavy atom. The van der Waals surface area contributed by atoms with Crippen LogP contribution in [0.1, 0.15) is 51.9 Å². The highest BCUT2D eigenvalue weighted by Crippen LogP contribution is 2.38. The van der Waals surface area contributed by atoms with Gasteiger partial charge in [-0.2, -0.15) is 5.26 Å². The van der Waals surface area contributed by atoms with Gasteiger partial charge in [-0.3, -0.25) is 9.59 Å². The standard InChI is InChI=1S/C16H23N3O2/c1-11-7-13(11)19-9-12(8-14(19)20)18-15(21)16(10-17)5-3-2-4-6-16/h11-13H,2-9H2,1H3,(H,18,21)/t11-,12-,13+/m1/s1. The van der Waals surface area contributed by atoms with Gasteiger partial charge in [-0.25, -0.2) is 0 Å². The Morgan fingerprint density at radius 1 is 1.38 bits per heavy atom. The van der Waals surface area contributed by atoms with Crippen molar-refractivity contribution in [3.8, 4) is 6.07 Å². The maximum Gasteiger partial charge on any atom is 0.240 e. The summed E-state index contributed by atoms with van der Waals surface area (Å²) in [4.78, 5) is 26.4. The number of hydrogen-bond donors (Lipinski definition) is 1. The molecule has 0 unspecified atom stereocenters. The van der Waals surface area contributed by atoms with Crippen LogP contribution < -0.4 is 5.32 Å². The molecule has 0 spiro atoms. The molecule has 114 valence electrons. The monoisotopic (exact) mass is 289 g/mol. The van der Waals surface area contributed by atoms with Crippen molar-refractivity contribution in [1.82, 2.24) is 10.2 Å². The van der Waals surface area contributed by atoms with Crippen molar-refractivity contribution < 1.29 is 9.59 Å². The van der Waals surface area contributed by atoms with Crippen molar-refractivity contribution in [2.24, 2.45) is 11.3 Å². The molecule has 0 aromatic heterocycles. The lowest BCUT2D eigenvalue weighted by molar-refractivity contribution is -0.130. The summed E-state index contributed by atoms with van der Waals surface area (Å²) in [6.07, 6.45) is 5.75. The molecule has 5 heteroatoms. The number of nitriles is 1. The molecule has 3 fully saturated rings. The van der Waals surface area contributed by atoms with Crippen LogP contribution in [0.2, 0.25) is 0 Å².